The number of amides is 2. The minimum absolute atomic E-state index is 0.0762. The van der Waals surface area contributed by atoms with E-state index in [9.17, 15) is 19.5 Å². The van der Waals surface area contributed by atoms with Gasteiger partial charge < -0.3 is 20.5 Å². The Morgan fingerprint density at radius 3 is 2.04 bits per heavy atom. The van der Waals surface area contributed by atoms with E-state index in [1.165, 1.54) is 6.92 Å². The van der Waals surface area contributed by atoms with Crippen molar-refractivity contribution in [2.75, 3.05) is 0 Å². The van der Waals surface area contributed by atoms with Crippen molar-refractivity contribution < 1.29 is 24.2 Å². The smallest absolute Gasteiger partial charge is 0.408 e. The molecule has 0 aliphatic rings. The van der Waals surface area contributed by atoms with E-state index >= 15 is 0 Å². The first kappa shape index (κ1) is 20.0. The molecular weight excluding hydrogens is 348 g/mol. The lowest BCUT2D eigenvalue weighted by molar-refractivity contribution is -0.142. The van der Waals surface area contributed by atoms with Crippen LogP contribution >= 0.6 is 0 Å². The molecule has 0 aromatic heterocycles. The molecule has 0 radical (unpaired) electrons. The zero-order valence-corrected chi connectivity index (χ0v) is 14.9. The van der Waals surface area contributed by atoms with Crippen LogP contribution in [-0.4, -0.2) is 35.2 Å². The van der Waals surface area contributed by atoms with Gasteiger partial charge in [-0.3, -0.25) is 4.79 Å². The van der Waals surface area contributed by atoms with Crippen LogP contribution in [0.3, 0.4) is 0 Å². The number of carboxylic acids is 1. The van der Waals surface area contributed by atoms with Crippen LogP contribution in [0.5, 0.6) is 0 Å². The third kappa shape index (κ3) is 6.81. The molecule has 2 rings (SSSR count). The highest BCUT2D eigenvalue weighted by molar-refractivity contribution is 5.89. The molecule has 0 spiro atoms. The van der Waals surface area contributed by atoms with Gasteiger partial charge in [0.2, 0.25) is 5.91 Å². The number of carbonyl (C=O) groups excluding carboxylic acids is 2. The third-order valence-electron chi connectivity index (χ3n) is 3.84. The van der Waals surface area contributed by atoms with E-state index in [0.29, 0.717) is 0 Å². The Balaban J connectivity index is 1.83. The number of hydrogen-bond donors (Lipinski definition) is 3. The highest BCUT2D eigenvalue weighted by atomic mass is 16.5. The Kier molecular flexibility index (Phi) is 7.37. The van der Waals surface area contributed by atoms with Crippen molar-refractivity contribution in [2.45, 2.75) is 32.0 Å². The predicted octanol–water partition coefficient (Wildman–Crippen LogP) is 2.11. The number of carbonyl (C=O) groups is 3. The first-order valence-corrected chi connectivity index (χ1v) is 8.50. The first-order chi connectivity index (χ1) is 13.0. The largest absolute Gasteiger partial charge is 0.480 e. The average Bonchev–Trinajstić information content (AvgIpc) is 2.67. The van der Waals surface area contributed by atoms with Crippen molar-refractivity contribution in [3.63, 3.8) is 0 Å². The molecule has 0 bridgehead atoms. The van der Waals surface area contributed by atoms with Gasteiger partial charge in [-0.15, -0.1) is 0 Å². The molecule has 0 fully saturated rings. The summed E-state index contributed by atoms with van der Waals surface area (Å²) in [4.78, 5) is 35.4. The molecule has 0 saturated carbocycles. The second kappa shape index (κ2) is 9.96. The number of nitrogens with one attached hydrogen (secondary N) is 2. The van der Waals surface area contributed by atoms with Gasteiger partial charge in [-0.1, -0.05) is 60.7 Å². The molecule has 2 aromatic rings. The van der Waals surface area contributed by atoms with Crippen LogP contribution in [-0.2, 0) is 27.4 Å². The van der Waals surface area contributed by atoms with Gasteiger partial charge in [0.25, 0.3) is 0 Å². The highest BCUT2D eigenvalue weighted by Crippen LogP contribution is 2.04. The summed E-state index contributed by atoms with van der Waals surface area (Å²) in [5.41, 5.74) is 1.60. The van der Waals surface area contributed by atoms with Crippen LogP contribution in [0.2, 0.25) is 0 Å². The van der Waals surface area contributed by atoms with Crippen LogP contribution in [0.25, 0.3) is 0 Å². The summed E-state index contributed by atoms with van der Waals surface area (Å²) >= 11 is 0. The summed E-state index contributed by atoms with van der Waals surface area (Å²) in [5, 5.41) is 14.2. The summed E-state index contributed by atoms with van der Waals surface area (Å²) in [5.74, 6) is -1.75. The summed E-state index contributed by atoms with van der Waals surface area (Å²) in [6.45, 7) is 1.54. The molecule has 2 atom stereocenters. The molecule has 0 aliphatic heterocycles. The van der Waals surface area contributed by atoms with Gasteiger partial charge in [0, 0.05) is 6.42 Å². The van der Waals surface area contributed by atoms with Gasteiger partial charge in [0.15, 0.2) is 0 Å². The van der Waals surface area contributed by atoms with Gasteiger partial charge in [-0.05, 0) is 18.1 Å². The monoisotopic (exact) mass is 370 g/mol. The minimum Gasteiger partial charge on any atom is -0.480 e. The maximum absolute atomic E-state index is 12.2. The van der Waals surface area contributed by atoms with Crippen molar-refractivity contribution in [1.29, 1.82) is 0 Å². The summed E-state index contributed by atoms with van der Waals surface area (Å²) in [6.07, 6.45) is -0.607. The van der Waals surface area contributed by atoms with Crippen molar-refractivity contribution in [1.82, 2.24) is 10.6 Å². The second-order valence-corrected chi connectivity index (χ2v) is 6.02. The van der Waals surface area contributed by atoms with Gasteiger partial charge in [-0.2, -0.15) is 0 Å². The van der Waals surface area contributed by atoms with E-state index in [0.717, 1.165) is 11.1 Å². The molecule has 27 heavy (non-hydrogen) atoms. The maximum Gasteiger partial charge on any atom is 0.408 e. The van der Waals surface area contributed by atoms with Crippen molar-refractivity contribution >= 4 is 18.0 Å². The molecule has 142 valence electrons. The van der Waals surface area contributed by atoms with E-state index in [-0.39, 0.29) is 13.0 Å². The van der Waals surface area contributed by atoms with Gasteiger partial charge >= 0.3 is 12.1 Å². The molecule has 0 aliphatic carbocycles. The minimum atomic E-state index is -1.15. The first-order valence-electron chi connectivity index (χ1n) is 8.50. The van der Waals surface area contributed by atoms with E-state index in [4.69, 9.17) is 4.74 Å². The number of ether oxygens (including phenoxy) is 1. The lowest BCUT2D eigenvalue weighted by Crippen LogP contribution is -2.51. The number of hydrogen-bond acceptors (Lipinski definition) is 4. The van der Waals surface area contributed by atoms with E-state index < -0.39 is 30.1 Å². The lowest BCUT2D eigenvalue weighted by Gasteiger charge is -2.18. The van der Waals surface area contributed by atoms with Crippen molar-refractivity contribution in [3.05, 3.63) is 71.8 Å². The number of aliphatic carboxylic acids is 1. The fourth-order valence-electron chi connectivity index (χ4n) is 2.35. The Bertz CT molecular complexity index is 764. The zero-order chi connectivity index (χ0) is 19.6. The fraction of sp³-hybridized carbons (Fsp3) is 0.250. The normalized spacial score (nSPS) is 12.5. The Hall–Kier alpha value is -3.35. The number of rotatable bonds is 8. The maximum atomic E-state index is 12.2. The number of carboxylic acid groups (broad SMARTS) is 1. The Labute approximate surface area is 157 Å². The molecule has 0 saturated heterocycles. The quantitative estimate of drug-likeness (QED) is 0.660. The van der Waals surface area contributed by atoms with Crippen molar-refractivity contribution in [2.24, 2.45) is 0 Å². The van der Waals surface area contributed by atoms with Gasteiger partial charge in [0.1, 0.15) is 18.7 Å². The van der Waals surface area contributed by atoms with Crippen LogP contribution in [0.1, 0.15) is 18.1 Å². The number of alkyl carbamates (subject to hydrolysis) is 1. The predicted molar refractivity (Wildman–Crippen MR) is 98.9 cm³/mol. The Morgan fingerprint density at radius 1 is 0.926 bits per heavy atom. The average molecular weight is 370 g/mol. The van der Waals surface area contributed by atoms with Crippen LogP contribution in [0.4, 0.5) is 4.79 Å². The molecule has 7 heteroatoms. The van der Waals surface area contributed by atoms with Crippen LogP contribution < -0.4 is 10.6 Å². The van der Waals surface area contributed by atoms with Crippen LogP contribution in [0.15, 0.2) is 60.7 Å². The molecule has 0 unspecified atom stereocenters. The fourth-order valence-corrected chi connectivity index (χ4v) is 2.35. The van der Waals surface area contributed by atoms with E-state index in [2.05, 4.69) is 10.6 Å². The SMILES string of the molecule is C[C@@H](NC(=O)OCc1ccccc1)C(=O)N[C@H](Cc1ccccc1)C(=O)O. The van der Waals surface area contributed by atoms with Crippen molar-refractivity contribution in [3.8, 4) is 0 Å². The third-order valence-corrected chi connectivity index (χ3v) is 3.84. The van der Waals surface area contributed by atoms with Gasteiger partial charge in [-0.25, -0.2) is 9.59 Å². The summed E-state index contributed by atoms with van der Waals surface area (Å²) in [7, 11) is 0. The highest BCUT2D eigenvalue weighted by Gasteiger charge is 2.24. The summed E-state index contributed by atoms with van der Waals surface area (Å²) in [6, 6.07) is 16.1. The number of benzene rings is 2. The van der Waals surface area contributed by atoms with Gasteiger partial charge in [0.05, 0.1) is 0 Å². The van der Waals surface area contributed by atoms with E-state index in [1.807, 2.05) is 36.4 Å². The topological polar surface area (TPSA) is 105 Å². The van der Waals surface area contributed by atoms with Crippen LogP contribution in [0, 0.1) is 0 Å². The molecule has 7 nitrogen and oxygen atoms in total. The molecule has 3 N–H and O–H groups in total. The zero-order valence-electron chi connectivity index (χ0n) is 14.9. The second-order valence-electron chi connectivity index (χ2n) is 6.02. The molecular formula is C20H22N2O5. The molecule has 2 aromatic carbocycles. The Morgan fingerprint density at radius 2 is 1.48 bits per heavy atom. The molecule has 2 amide bonds. The van der Waals surface area contributed by atoms with E-state index in [1.54, 1.807) is 24.3 Å². The summed E-state index contributed by atoms with van der Waals surface area (Å²) < 4.78 is 5.05. The standard InChI is InChI=1S/C20H22N2O5/c1-14(21-20(26)27-13-16-10-6-3-7-11-16)18(23)22-17(19(24)25)12-15-8-4-2-5-9-15/h2-11,14,17H,12-13H2,1H3,(H,21,26)(H,22,23)(H,24,25)/t14-,17-/m1/s1. The molecule has 0 heterocycles. The lowest BCUT2D eigenvalue weighted by atomic mass is 10.1.